The van der Waals surface area contributed by atoms with Crippen LogP contribution < -0.4 is 0 Å². The minimum Gasteiger partial charge on any atom is -0.300 e. The van der Waals surface area contributed by atoms with Gasteiger partial charge in [-0.15, -0.1) is 0 Å². The molecule has 2 aromatic carbocycles. The largest absolute Gasteiger partial charge is 0.300 e. The maximum absolute atomic E-state index is 12.8. The molecule has 1 aliphatic rings. The van der Waals surface area contributed by atoms with Crippen molar-refractivity contribution in [2.45, 2.75) is 18.2 Å². The molecule has 26 heavy (non-hydrogen) atoms. The second-order valence-electron chi connectivity index (χ2n) is 6.56. The molecule has 0 aromatic heterocycles. The standard InChI is InChI=1S/C20H24N2O3S/c1-17(23)19-7-9-20(10-8-19)26(24,25)22-15-13-21(14-16-22)12-11-18-5-3-2-4-6-18/h2-10H,11-16H2,1H3. The molecule has 0 atom stereocenters. The SMILES string of the molecule is CC(=O)c1ccc(S(=O)(=O)N2CCN(CCc3ccccc3)CC2)cc1. The van der Waals surface area contributed by atoms with Crippen molar-refractivity contribution in [1.29, 1.82) is 0 Å². The molecule has 1 aliphatic heterocycles. The number of piperazine rings is 1. The van der Waals surface area contributed by atoms with E-state index in [2.05, 4.69) is 17.0 Å². The van der Waals surface area contributed by atoms with Crippen LogP contribution in [0.2, 0.25) is 0 Å². The number of sulfonamides is 1. The van der Waals surface area contributed by atoms with Crippen LogP contribution in [-0.2, 0) is 16.4 Å². The van der Waals surface area contributed by atoms with Gasteiger partial charge in [0.25, 0.3) is 0 Å². The van der Waals surface area contributed by atoms with Crippen molar-refractivity contribution in [3.63, 3.8) is 0 Å². The lowest BCUT2D eigenvalue weighted by atomic mass is 10.1. The third kappa shape index (κ3) is 4.38. The second kappa shape index (κ2) is 8.12. The average Bonchev–Trinajstić information content (AvgIpc) is 2.67. The van der Waals surface area contributed by atoms with Gasteiger partial charge in [-0.25, -0.2) is 8.42 Å². The summed E-state index contributed by atoms with van der Waals surface area (Å²) in [6, 6.07) is 16.5. The molecule has 0 amide bonds. The fourth-order valence-electron chi connectivity index (χ4n) is 3.14. The zero-order valence-electron chi connectivity index (χ0n) is 15.0. The summed E-state index contributed by atoms with van der Waals surface area (Å²) in [6.07, 6.45) is 0.972. The first-order valence-corrected chi connectivity index (χ1v) is 10.3. The molecule has 0 spiro atoms. The molecule has 0 aliphatic carbocycles. The Balaban J connectivity index is 1.57. The average molecular weight is 372 g/mol. The van der Waals surface area contributed by atoms with Crippen LogP contribution in [0.25, 0.3) is 0 Å². The number of ketones is 1. The smallest absolute Gasteiger partial charge is 0.243 e. The van der Waals surface area contributed by atoms with Crippen molar-refractivity contribution in [2.75, 3.05) is 32.7 Å². The molecule has 1 heterocycles. The fourth-order valence-corrected chi connectivity index (χ4v) is 4.56. The molecular weight excluding hydrogens is 348 g/mol. The van der Waals surface area contributed by atoms with Gasteiger partial charge in [-0.3, -0.25) is 4.79 Å². The highest BCUT2D eigenvalue weighted by atomic mass is 32.2. The third-order valence-corrected chi connectivity index (χ3v) is 6.70. The van der Waals surface area contributed by atoms with E-state index in [4.69, 9.17) is 0 Å². The predicted molar refractivity (Wildman–Crippen MR) is 102 cm³/mol. The highest BCUT2D eigenvalue weighted by molar-refractivity contribution is 7.89. The lowest BCUT2D eigenvalue weighted by molar-refractivity contribution is 0.101. The Kier molecular flexibility index (Phi) is 5.86. The van der Waals surface area contributed by atoms with E-state index >= 15 is 0 Å². The van der Waals surface area contributed by atoms with Crippen LogP contribution in [0, 0.1) is 0 Å². The molecule has 138 valence electrons. The van der Waals surface area contributed by atoms with Crippen LogP contribution in [-0.4, -0.2) is 56.1 Å². The first kappa shape index (κ1) is 18.8. The predicted octanol–water partition coefficient (Wildman–Crippen LogP) is 2.44. The van der Waals surface area contributed by atoms with E-state index in [9.17, 15) is 13.2 Å². The summed E-state index contributed by atoms with van der Waals surface area (Å²) in [4.78, 5) is 13.9. The normalized spacial score (nSPS) is 16.5. The summed E-state index contributed by atoms with van der Waals surface area (Å²) in [5, 5.41) is 0. The van der Waals surface area contributed by atoms with Crippen molar-refractivity contribution in [2.24, 2.45) is 0 Å². The monoisotopic (exact) mass is 372 g/mol. The first-order valence-electron chi connectivity index (χ1n) is 8.84. The molecule has 0 saturated carbocycles. The topological polar surface area (TPSA) is 57.7 Å². The Morgan fingerprint density at radius 3 is 2.12 bits per heavy atom. The Morgan fingerprint density at radius 2 is 1.54 bits per heavy atom. The Bertz CT molecular complexity index is 840. The number of hydrogen-bond acceptors (Lipinski definition) is 4. The number of rotatable bonds is 6. The summed E-state index contributed by atoms with van der Waals surface area (Å²) >= 11 is 0. The number of hydrogen-bond donors (Lipinski definition) is 0. The molecule has 0 radical (unpaired) electrons. The second-order valence-corrected chi connectivity index (χ2v) is 8.50. The highest BCUT2D eigenvalue weighted by Crippen LogP contribution is 2.18. The zero-order chi connectivity index (χ0) is 18.6. The van der Waals surface area contributed by atoms with Gasteiger partial charge < -0.3 is 4.90 Å². The van der Waals surface area contributed by atoms with E-state index in [0.29, 0.717) is 18.7 Å². The molecule has 3 rings (SSSR count). The Labute approximate surface area is 155 Å². The van der Waals surface area contributed by atoms with Gasteiger partial charge in [-0.05, 0) is 31.0 Å². The van der Waals surface area contributed by atoms with Gasteiger partial charge in [0.15, 0.2) is 5.78 Å². The molecule has 2 aromatic rings. The van der Waals surface area contributed by atoms with Crippen LogP contribution in [0.3, 0.4) is 0 Å². The first-order chi connectivity index (χ1) is 12.5. The molecule has 0 bridgehead atoms. The zero-order valence-corrected chi connectivity index (χ0v) is 15.8. The van der Waals surface area contributed by atoms with E-state index in [1.165, 1.54) is 28.9 Å². The molecule has 6 heteroatoms. The Morgan fingerprint density at radius 1 is 0.923 bits per heavy atom. The van der Waals surface area contributed by atoms with Crippen molar-refractivity contribution in [3.05, 3.63) is 65.7 Å². The minimum atomic E-state index is -3.50. The third-order valence-electron chi connectivity index (χ3n) is 4.79. The van der Waals surface area contributed by atoms with E-state index in [0.717, 1.165) is 26.1 Å². The van der Waals surface area contributed by atoms with E-state index < -0.39 is 10.0 Å². The molecule has 1 fully saturated rings. The van der Waals surface area contributed by atoms with Crippen LogP contribution in [0.15, 0.2) is 59.5 Å². The molecule has 0 unspecified atom stereocenters. The van der Waals surface area contributed by atoms with Crippen molar-refractivity contribution >= 4 is 15.8 Å². The minimum absolute atomic E-state index is 0.0685. The Hall–Kier alpha value is -2.02. The van der Waals surface area contributed by atoms with Crippen molar-refractivity contribution in [3.8, 4) is 0 Å². The van der Waals surface area contributed by atoms with E-state index in [-0.39, 0.29) is 10.7 Å². The van der Waals surface area contributed by atoms with Gasteiger partial charge in [0.05, 0.1) is 4.90 Å². The van der Waals surface area contributed by atoms with Gasteiger partial charge in [0, 0.05) is 38.3 Å². The summed E-state index contributed by atoms with van der Waals surface area (Å²) in [5.41, 5.74) is 1.82. The number of nitrogens with zero attached hydrogens (tertiary/aromatic N) is 2. The van der Waals surface area contributed by atoms with Crippen LogP contribution in [0.4, 0.5) is 0 Å². The van der Waals surface area contributed by atoms with Gasteiger partial charge >= 0.3 is 0 Å². The quantitative estimate of drug-likeness (QED) is 0.731. The number of Topliss-reactive ketones (excluding diaryl/α,β-unsaturated/α-hetero) is 1. The molecule has 5 nitrogen and oxygen atoms in total. The summed E-state index contributed by atoms with van der Waals surface area (Å²) < 4.78 is 27.1. The molecule has 0 N–H and O–H groups in total. The van der Waals surface area contributed by atoms with Crippen LogP contribution in [0.1, 0.15) is 22.8 Å². The maximum Gasteiger partial charge on any atom is 0.243 e. The lowest BCUT2D eigenvalue weighted by Gasteiger charge is -2.34. The van der Waals surface area contributed by atoms with Gasteiger partial charge in [0.1, 0.15) is 0 Å². The van der Waals surface area contributed by atoms with Crippen molar-refractivity contribution < 1.29 is 13.2 Å². The van der Waals surface area contributed by atoms with E-state index in [1.807, 2.05) is 18.2 Å². The fraction of sp³-hybridized carbons (Fsp3) is 0.350. The van der Waals surface area contributed by atoms with Gasteiger partial charge in [-0.1, -0.05) is 42.5 Å². The lowest BCUT2D eigenvalue weighted by Crippen LogP contribution is -2.48. The molecular formula is C20H24N2O3S. The number of carbonyl (C=O) groups excluding carboxylic acids is 1. The van der Waals surface area contributed by atoms with Crippen LogP contribution in [0.5, 0.6) is 0 Å². The van der Waals surface area contributed by atoms with Gasteiger partial charge in [-0.2, -0.15) is 4.31 Å². The summed E-state index contributed by atoms with van der Waals surface area (Å²) in [5.74, 6) is -0.0685. The highest BCUT2D eigenvalue weighted by Gasteiger charge is 2.28. The van der Waals surface area contributed by atoms with Crippen LogP contribution >= 0.6 is 0 Å². The number of carbonyl (C=O) groups is 1. The molecule has 1 saturated heterocycles. The summed E-state index contributed by atoms with van der Waals surface area (Å²) in [7, 11) is -3.50. The van der Waals surface area contributed by atoms with Gasteiger partial charge in [0.2, 0.25) is 10.0 Å². The number of benzene rings is 2. The van der Waals surface area contributed by atoms with E-state index in [1.54, 1.807) is 12.1 Å². The van der Waals surface area contributed by atoms with Crippen molar-refractivity contribution in [1.82, 2.24) is 9.21 Å². The maximum atomic E-state index is 12.8. The summed E-state index contributed by atoms with van der Waals surface area (Å²) in [6.45, 7) is 4.86.